The van der Waals surface area contributed by atoms with Crippen LogP contribution < -0.4 is 10.6 Å². The smallest absolute Gasteiger partial charge is 0.335 e. The van der Waals surface area contributed by atoms with Gasteiger partial charge in [0.1, 0.15) is 0 Å². The molecule has 0 saturated carbocycles. The molecule has 0 bridgehead atoms. The molecule has 5 rings (SSSR count). The number of aromatic carboxylic acids is 3. The molecule has 8 nitrogen and oxygen atoms in total. The largest absolute Gasteiger partial charge is 0.478 e. The van der Waals surface area contributed by atoms with Crippen LogP contribution in [0.15, 0.2) is 140 Å². The summed E-state index contributed by atoms with van der Waals surface area (Å²) >= 11 is 0. The molecule has 0 saturated heterocycles. The summed E-state index contributed by atoms with van der Waals surface area (Å²) in [4.78, 5) is 31.7. The summed E-state index contributed by atoms with van der Waals surface area (Å²) in [5, 5.41) is 32.7. The first kappa shape index (κ1) is 33.9. The molecule has 45 heavy (non-hydrogen) atoms. The quantitative estimate of drug-likeness (QED) is 0.112. The summed E-state index contributed by atoms with van der Waals surface area (Å²) < 4.78 is 0. The van der Waals surface area contributed by atoms with Crippen LogP contribution in [0.4, 0.5) is 0 Å². The van der Waals surface area contributed by atoms with Crippen LogP contribution in [-0.4, -0.2) is 33.2 Å². The topological polar surface area (TPSA) is 136 Å². The standard InChI is InChI=1S/2C14H15N.C9H6O6/c2*1-3-7-13(8-4-1)11-15-12-14-9-5-2-6-10-14;10-7(11)4-1-5(8(12)13)3-6(2-4)9(14)15/h2*1-10,15H,11-12H2;1-3H,(H,10,11)(H,12,13)(H,14,15). The van der Waals surface area contributed by atoms with Crippen molar-refractivity contribution in [1.82, 2.24) is 10.6 Å². The van der Waals surface area contributed by atoms with Crippen LogP contribution in [0.1, 0.15) is 53.3 Å². The van der Waals surface area contributed by atoms with Crippen LogP contribution >= 0.6 is 0 Å². The number of hydrogen-bond acceptors (Lipinski definition) is 5. The second-order valence-corrected chi connectivity index (χ2v) is 9.86. The highest BCUT2D eigenvalue weighted by Gasteiger charge is 2.14. The van der Waals surface area contributed by atoms with E-state index in [-0.39, 0.29) is 16.7 Å². The number of rotatable bonds is 11. The minimum Gasteiger partial charge on any atom is -0.478 e. The number of hydrogen-bond donors (Lipinski definition) is 5. The number of carboxylic acid groups (broad SMARTS) is 3. The summed E-state index contributed by atoms with van der Waals surface area (Å²) in [6.07, 6.45) is 0. The summed E-state index contributed by atoms with van der Waals surface area (Å²) in [7, 11) is 0. The maximum Gasteiger partial charge on any atom is 0.335 e. The second-order valence-electron chi connectivity index (χ2n) is 9.86. The molecule has 5 aromatic carbocycles. The Morgan fingerprint density at radius 1 is 0.378 bits per heavy atom. The second kappa shape index (κ2) is 18.9. The van der Waals surface area contributed by atoms with Gasteiger partial charge in [0.25, 0.3) is 0 Å². The van der Waals surface area contributed by atoms with Gasteiger partial charge >= 0.3 is 17.9 Å². The number of nitrogens with one attached hydrogen (secondary N) is 2. The average molecular weight is 605 g/mol. The third-order valence-corrected chi connectivity index (χ3v) is 6.36. The van der Waals surface area contributed by atoms with Gasteiger partial charge in [-0.15, -0.1) is 0 Å². The first-order valence-electron chi connectivity index (χ1n) is 14.2. The molecule has 0 heterocycles. The Morgan fingerprint density at radius 2 is 0.578 bits per heavy atom. The molecule has 0 spiro atoms. The minimum atomic E-state index is -1.37. The Balaban J connectivity index is 0.000000184. The van der Waals surface area contributed by atoms with E-state index in [1.807, 2.05) is 24.3 Å². The zero-order chi connectivity index (χ0) is 32.3. The summed E-state index contributed by atoms with van der Waals surface area (Å²) in [6.45, 7) is 3.71. The maximum absolute atomic E-state index is 10.6. The van der Waals surface area contributed by atoms with Crippen LogP contribution in [0.5, 0.6) is 0 Å². The Bertz CT molecular complexity index is 1370. The number of benzene rings is 5. The van der Waals surface area contributed by atoms with Crippen LogP contribution in [0, 0.1) is 0 Å². The SMILES string of the molecule is O=C(O)c1cc(C(=O)O)cc(C(=O)O)c1.c1ccc(CNCc2ccccc2)cc1.c1ccc(CNCc2ccccc2)cc1. The first-order valence-corrected chi connectivity index (χ1v) is 14.2. The Labute approximate surface area is 262 Å². The molecular formula is C37H36N2O6. The van der Waals surface area contributed by atoms with Gasteiger partial charge in [-0.1, -0.05) is 121 Å². The molecule has 230 valence electrons. The van der Waals surface area contributed by atoms with E-state index < -0.39 is 17.9 Å². The monoisotopic (exact) mass is 604 g/mol. The minimum absolute atomic E-state index is 0.368. The maximum atomic E-state index is 10.6. The van der Waals surface area contributed by atoms with E-state index in [0.29, 0.717) is 0 Å². The predicted octanol–water partition coefficient (Wildman–Crippen LogP) is 6.73. The molecular weight excluding hydrogens is 568 g/mol. The van der Waals surface area contributed by atoms with Crippen molar-refractivity contribution in [3.63, 3.8) is 0 Å². The van der Waals surface area contributed by atoms with Gasteiger partial charge in [0.05, 0.1) is 16.7 Å². The van der Waals surface area contributed by atoms with E-state index in [9.17, 15) is 14.4 Å². The van der Waals surface area contributed by atoms with Crippen molar-refractivity contribution in [3.8, 4) is 0 Å². The van der Waals surface area contributed by atoms with Crippen molar-refractivity contribution in [2.45, 2.75) is 26.2 Å². The van der Waals surface area contributed by atoms with Crippen molar-refractivity contribution in [2.75, 3.05) is 0 Å². The van der Waals surface area contributed by atoms with Crippen molar-refractivity contribution < 1.29 is 29.7 Å². The van der Waals surface area contributed by atoms with Gasteiger partial charge < -0.3 is 26.0 Å². The average Bonchev–Trinajstić information content (AvgIpc) is 3.07. The van der Waals surface area contributed by atoms with Gasteiger partial charge in [-0.3, -0.25) is 0 Å². The van der Waals surface area contributed by atoms with Crippen LogP contribution in [0.3, 0.4) is 0 Å². The zero-order valence-corrected chi connectivity index (χ0v) is 24.7. The molecule has 8 heteroatoms. The van der Waals surface area contributed by atoms with E-state index >= 15 is 0 Å². The third-order valence-electron chi connectivity index (χ3n) is 6.36. The van der Waals surface area contributed by atoms with E-state index in [1.165, 1.54) is 22.3 Å². The van der Waals surface area contributed by atoms with E-state index in [1.54, 1.807) is 0 Å². The van der Waals surface area contributed by atoms with Crippen molar-refractivity contribution >= 4 is 17.9 Å². The molecule has 0 radical (unpaired) electrons. The van der Waals surface area contributed by atoms with Crippen molar-refractivity contribution in [2.24, 2.45) is 0 Å². The lowest BCUT2D eigenvalue weighted by Gasteiger charge is -2.04. The molecule has 0 fully saturated rings. The van der Waals surface area contributed by atoms with Gasteiger partial charge in [-0.25, -0.2) is 14.4 Å². The first-order chi connectivity index (χ1) is 21.8. The molecule has 0 aliphatic heterocycles. The van der Waals surface area contributed by atoms with Gasteiger partial charge in [0, 0.05) is 26.2 Å². The molecule has 5 N–H and O–H groups in total. The molecule has 0 aliphatic rings. The lowest BCUT2D eigenvalue weighted by Crippen LogP contribution is -2.12. The van der Waals surface area contributed by atoms with Crippen LogP contribution in [0.25, 0.3) is 0 Å². The predicted molar refractivity (Wildman–Crippen MR) is 174 cm³/mol. The molecule has 0 aliphatic carbocycles. The fourth-order valence-corrected chi connectivity index (χ4v) is 4.08. The van der Waals surface area contributed by atoms with E-state index in [2.05, 4.69) is 108 Å². The van der Waals surface area contributed by atoms with Gasteiger partial charge in [0.2, 0.25) is 0 Å². The van der Waals surface area contributed by atoms with Gasteiger partial charge in [0.15, 0.2) is 0 Å². The van der Waals surface area contributed by atoms with E-state index in [4.69, 9.17) is 15.3 Å². The highest BCUT2D eigenvalue weighted by Crippen LogP contribution is 2.11. The summed E-state index contributed by atoms with van der Waals surface area (Å²) in [5.41, 5.74) is 4.20. The Kier molecular flexibility index (Phi) is 14.2. The highest BCUT2D eigenvalue weighted by molar-refractivity contribution is 5.98. The number of carbonyl (C=O) groups is 3. The fraction of sp³-hybridized carbons (Fsp3) is 0.108. The van der Waals surface area contributed by atoms with Gasteiger partial charge in [-0.05, 0) is 40.5 Å². The summed E-state index contributed by atoms with van der Waals surface area (Å²) in [6, 6.07) is 44.5. The van der Waals surface area contributed by atoms with Crippen LogP contribution in [0.2, 0.25) is 0 Å². The highest BCUT2D eigenvalue weighted by atomic mass is 16.4. The molecule has 0 atom stereocenters. The molecule has 0 aromatic heterocycles. The lowest BCUT2D eigenvalue weighted by atomic mass is 10.1. The third kappa shape index (κ3) is 13.1. The fourth-order valence-electron chi connectivity index (χ4n) is 4.08. The Morgan fingerprint density at radius 3 is 0.756 bits per heavy atom. The molecule has 0 amide bonds. The lowest BCUT2D eigenvalue weighted by molar-refractivity contribution is 0.0696. The van der Waals surface area contributed by atoms with Crippen molar-refractivity contribution in [1.29, 1.82) is 0 Å². The summed E-state index contributed by atoms with van der Waals surface area (Å²) in [5.74, 6) is -4.12. The molecule has 0 unspecified atom stereocenters. The normalized spacial score (nSPS) is 9.96. The number of carboxylic acids is 3. The Hall–Kier alpha value is -5.57. The zero-order valence-electron chi connectivity index (χ0n) is 24.7. The van der Waals surface area contributed by atoms with Crippen molar-refractivity contribution in [3.05, 3.63) is 178 Å². The molecule has 5 aromatic rings. The van der Waals surface area contributed by atoms with Gasteiger partial charge in [-0.2, -0.15) is 0 Å². The van der Waals surface area contributed by atoms with E-state index in [0.717, 1.165) is 44.4 Å². The van der Waals surface area contributed by atoms with Crippen LogP contribution in [-0.2, 0) is 26.2 Å².